The molecule has 4 nitrogen and oxygen atoms in total. The van der Waals surface area contributed by atoms with Gasteiger partial charge in [-0.2, -0.15) is 0 Å². The van der Waals surface area contributed by atoms with Crippen LogP contribution in [0, 0.1) is 0 Å². The number of rotatable bonds is 24. The van der Waals surface area contributed by atoms with Gasteiger partial charge in [0.25, 0.3) is 0 Å². The van der Waals surface area contributed by atoms with Crippen molar-refractivity contribution in [3.8, 4) is 11.5 Å². The van der Waals surface area contributed by atoms with E-state index in [1.807, 2.05) is 79.2 Å². The van der Waals surface area contributed by atoms with Crippen LogP contribution in [-0.2, 0) is 0 Å². The summed E-state index contributed by atoms with van der Waals surface area (Å²) in [6.07, 6.45) is 24.5. The number of ether oxygens (including phenoxy) is 2. The summed E-state index contributed by atoms with van der Waals surface area (Å²) in [6.45, 7) is 6.07. The van der Waals surface area contributed by atoms with Gasteiger partial charge in [-0.15, -0.1) is 0 Å². The normalized spacial score (nSPS) is 11.5. The van der Waals surface area contributed by atoms with E-state index in [1.165, 1.54) is 89.9 Å². The number of hydrogen-bond acceptors (Lipinski definition) is 4. The first-order valence-corrected chi connectivity index (χ1v) is 17.9. The zero-order chi connectivity index (χ0) is 31.8. The third-order valence-electron chi connectivity index (χ3n) is 7.94. The number of nitrogens with zero attached hydrogens (tertiary/aromatic N) is 2. The molecular formula is C40H55ClN2O2. The molecule has 3 rings (SSSR count). The summed E-state index contributed by atoms with van der Waals surface area (Å²) in [7, 11) is 0. The van der Waals surface area contributed by atoms with Crippen molar-refractivity contribution in [3.05, 3.63) is 82.9 Å². The lowest BCUT2D eigenvalue weighted by atomic mass is 10.1. The molecule has 0 spiro atoms. The van der Waals surface area contributed by atoms with Gasteiger partial charge in [-0.1, -0.05) is 115 Å². The molecule has 0 radical (unpaired) electrons. The van der Waals surface area contributed by atoms with E-state index in [0.29, 0.717) is 10.7 Å². The summed E-state index contributed by atoms with van der Waals surface area (Å²) in [6, 6.07) is 21.8. The quantitative estimate of drug-likeness (QED) is 0.0729. The van der Waals surface area contributed by atoms with Gasteiger partial charge in [-0.05, 0) is 90.7 Å². The maximum absolute atomic E-state index is 6.53. The molecule has 0 aromatic heterocycles. The topological polar surface area (TPSA) is 43.2 Å². The minimum atomic E-state index is 0.566. The molecule has 0 aliphatic carbocycles. The Morgan fingerprint density at radius 3 is 1.38 bits per heavy atom. The first-order valence-electron chi connectivity index (χ1n) is 17.5. The standard InChI is InChI=1S/C40H55ClN2O2/c1-3-5-7-9-11-13-15-17-29-44-37-24-19-34(20-25-37)32-42-36-23-28-40(39(41)31-36)43-33-35-21-26-38(27-22-35)45-30-18-16-14-12-10-8-6-4-2/h19-28,31-33H,3-18,29-30H2,1-2H3. The molecule has 0 atom stereocenters. The Balaban J connectivity index is 1.35. The number of unbranched alkanes of at least 4 members (excludes halogenated alkanes) is 14. The van der Waals surface area contributed by atoms with Crippen LogP contribution in [0.4, 0.5) is 11.4 Å². The third-order valence-corrected chi connectivity index (χ3v) is 8.24. The van der Waals surface area contributed by atoms with E-state index in [9.17, 15) is 0 Å². The first kappa shape index (κ1) is 36.4. The largest absolute Gasteiger partial charge is 0.494 e. The van der Waals surface area contributed by atoms with Crippen molar-refractivity contribution in [2.75, 3.05) is 13.2 Å². The number of benzene rings is 3. The van der Waals surface area contributed by atoms with E-state index < -0.39 is 0 Å². The molecule has 244 valence electrons. The molecule has 0 amide bonds. The van der Waals surface area contributed by atoms with Gasteiger partial charge in [0.05, 0.1) is 29.6 Å². The monoisotopic (exact) mass is 630 g/mol. The molecule has 0 saturated heterocycles. The van der Waals surface area contributed by atoms with Gasteiger partial charge in [0.1, 0.15) is 11.5 Å². The molecular weight excluding hydrogens is 576 g/mol. The molecule has 0 aliphatic heterocycles. The lowest BCUT2D eigenvalue weighted by Gasteiger charge is -2.06. The zero-order valence-corrected chi connectivity index (χ0v) is 28.6. The van der Waals surface area contributed by atoms with Crippen molar-refractivity contribution < 1.29 is 9.47 Å². The lowest BCUT2D eigenvalue weighted by Crippen LogP contribution is -1.97. The highest BCUT2D eigenvalue weighted by Crippen LogP contribution is 2.29. The van der Waals surface area contributed by atoms with E-state index in [4.69, 9.17) is 21.1 Å². The van der Waals surface area contributed by atoms with Crippen LogP contribution < -0.4 is 9.47 Å². The van der Waals surface area contributed by atoms with Crippen molar-refractivity contribution in [1.82, 2.24) is 0 Å². The first-order chi connectivity index (χ1) is 22.2. The van der Waals surface area contributed by atoms with Crippen molar-refractivity contribution in [2.45, 2.75) is 117 Å². The number of hydrogen-bond donors (Lipinski definition) is 0. The van der Waals surface area contributed by atoms with Crippen LogP contribution in [0.1, 0.15) is 128 Å². The number of halogens is 1. The highest BCUT2D eigenvalue weighted by molar-refractivity contribution is 6.33. The average Bonchev–Trinajstić information content (AvgIpc) is 3.06. The van der Waals surface area contributed by atoms with Gasteiger partial charge in [-0.25, -0.2) is 0 Å². The van der Waals surface area contributed by atoms with Crippen LogP contribution in [0.3, 0.4) is 0 Å². The Hall–Kier alpha value is -3.11. The van der Waals surface area contributed by atoms with Gasteiger partial charge in [0.15, 0.2) is 0 Å². The van der Waals surface area contributed by atoms with Crippen LogP contribution in [0.2, 0.25) is 5.02 Å². The van der Waals surface area contributed by atoms with Crippen molar-refractivity contribution in [2.24, 2.45) is 9.98 Å². The van der Waals surface area contributed by atoms with Crippen LogP contribution >= 0.6 is 11.6 Å². The maximum Gasteiger partial charge on any atom is 0.119 e. The molecule has 45 heavy (non-hydrogen) atoms. The second-order valence-corrected chi connectivity index (χ2v) is 12.3. The van der Waals surface area contributed by atoms with Gasteiger partial charge in [-0.3, -0.25) is 9.98 Å². The Bertz CT molecular complexity index is 1240. The summed E-state index contributed by atoms with van der Waals surface area (Å²) in [4.78, 5) is 9.19. The van der Waals surface area contributed by atoms with E-state index in [2.05, 4.69) is 23.8 Å². The Morgan fingerprint density at radius 2 is 0.933 bits per heavy atom. The maximum atomic E-state index is 6.53. The Labute approximate surface area is 278 Å². The lowest BCUT2D eigenvalue weighted by molar-refractivity contribution is 0.304. The predicted octanol–water partition coefficient (Wildman–Crippen LogP) is 12.9. The highest BCUT2D eigenvalue weighted by Gasteiger charge is 2.01. The molecule has 0 heterocycles. The van der Waals surface area contributed by atoms with E-state index in [1.54, 1.807) is 0 Å². The minimum Gasteiger partial charge on any atom is -0.494 e. The van der Waals surface area contributed by atoms with Gasteiger partial charge >= 0.3 is 0 Å². The molecule has 0 unspecified atom stereocenters. The SMILES string of the molecule is CCCCCCCCCCOc1ccc(C=Nc2ccc(N=Cc3ccc(OCCCCCCCCCC)cc3)c(Cl)c2)cc1. The summed E-state index contributed by atoms with van der Waals surface area (Å²) >= 11 is 6.53. The zero-order valence-electron chi connectivity index (χ0n) is 27.8. The van der Waals surface area contributed by atoms with E-state index in [-0.39, 0.29) is 0 Å². The molecule has 3 aromatic carbocycles. The fraction of sp³-hybridized carbons (Fsp3) is 0.500. The van der Waals surface area contributed by atoms with Crippen LogP contribution in [-0.4, -0.2) is 25.6 Å². The van der Waals surface area contributed by atoms with Gasteiger partial charge < -0.3 is 9.47 Å². The molecule has 0 aliphatic rings. The predicted molar refractivity (Wildman–Crippen MR) is 195 cm³/mol. The fourth-order valence-electron chi connectivity index (χ4n) is 5.13. The molecule has 0 fully saturated rings. The molecule has 0 bridgehead atoms. The van der Waals surface area contributed by atoms with Gasteiger partial charge in [0.2, 0.25) is 0 Å². The van der Waals surface area contributed by atoms with E-state index >= 15 is 0 Å². The summed E-state index contributed by atoms with van der Waals surface area (Å²) < 4.78 is 11.8. The second-order valence-electron chi connectivity index (χ2n) is 11.9. The van der Waals surface area contributed by atoms with Crippen LogP contribution in [0.15, 0.2) is 76.7 Å². The molecule has 3 aromatic rings. The number of aliphatic imine (C=N–C) groups is 2. The Kier molecular flexibility index (Phi) is 18.8. The van der Waals surface area contributed by atoms with Crippen LogP contribution in [0.5, 0.6) is 11.5 Å². The molecule has 0 saturated carbocycles. The molecule has 5 heteroatoms. The summed E-state index contributed by atoms with van der Waals surface area (Å²) in [5.41, 5.74) is 3.51. The highest BCUT2D eigenvalue weighted by atomic mass is 35.5. The fourth-order valence-corrected chi connectivity index (χ4v) is 5.35. The third kappa shape index (κ3) is 16.1. The van der Waals surface area contributed by atoms with Crippen molar-refractivity contribution in [1.29, 1.82) is 0 Å². The van der Waals surface area contributed by atoms with Crippen molar-refractivity contribution >= 4 is 35.4 Å². The molecule has 0 N–H and O–H groups in total. The van der Waals surface area contributed by atoms with Crippen LogP contribution in [0.25, 0.3) is 0 Å². The summed E-state index contributed by atoms with van der Waals surface area (Å²) in [5.74, 6) is 1.80. The Morgan fingerprint density at radius 1 is 0.511 bits per heavy atom. The second kappa shape index (κ2) is 23.3. The van der Waals surface area contributed by atoms with E-state index in [0.717, 1.165) is 54.4 Å². The smallest absolute Gasteiger partial charge is 0.119 e. The summed E-state index contributed by atoms with van der Waals surface area (Å²) in [5, 5.41) is 0.566. The average molecular weight is 631 g/mol. The minimum absolute atomic E-state index is 0.566. The van der Waals surface area contributed by atoms with Crippen molar-refractivity contribution in [3.63, 3.8) is 0 Å². The van der Waals surface area contributed by atoms with Gasteiger partial charge in [0, 0.05) is 12.4 Å².